The molecule has 1 aromatic heterocycles. The van der Waals surface area contributed by atoms with E-state index in [1.807, 2.05) is 0 Å². The van der Waals surface area contributed by atoms with Crippen LogP contribution in [0.3, 0.4) is 0 Å². The first-order valence-corrected chi connectivity index (χ1v) is 8.99. The summed E-state index contributed by atoms with van der Waals surface area (Å²) < 4.78 is 27.8. The molecule has 0 spiro atoms. The van der Waals surface area contributed by atoms with Crippen LogP contribution in [0, 0.1) is 0 Å². The number of aromatic nitrogens is 2. The highest BCUT2D eigenvalue weighted by atomic mass is 32.2. The van der Waals surface area contributed by atoms with Crippen LogP contribution in [-0.4, -0.2) is 55.7 Å². The summed E-state index contributed by atoms with van der Waals surface area (Å²) in [4.78, 5) is 2.21. The number of piperidine rings is 1. The van der Waals surface area contributed by atoms with Crippen molar-refractivity contribution in [3.05, 3.63) is 11.8 Å². The summed E-state index contributed by atoms with van der Waals surface area (Å²) in [6.45, 7) is 2.39. The normalized spacial score (nSPS) is 21.8. The number of sulfonamides is 1. The molecule has 0 radical (unpaired) electrons. The molecule has 0 bridgehead atoms. The minimum Gasteiger partial charge on any atom is -0.310 e. The molecule has 7 nitrogen and oxygen atoms in total. The van der Waals surface area contributed by atoms with E-state index in [-0.39, 0.29) is 11.1 Å². The van der Waals surface area contributed by atoms with Gasteiger partial charge in [0.2, 0.25) is 0 Å². The van der Waals surface area contributed by atoms with Crippen molar-refractivity contribution in [1.29, 1.82) is 0 Å². The first-order chi connectivity index (χ1) is 10.0. The number of nitrogens with one attached hydrogen (secondary N) is 3. The Labute approximate surface area is 125 Å². The molecule has 1 aliphatic carbocycles. The Morgan fingerprint density at radius 2 is 2.00 bits per heavy atom. The first kappa shape index (κ1) is 15.0. The van der Waals surface area contributed by atoms with E-state index in [4.69, 9.17) is 0 Å². The smallest absolute Gasteiger partial charge is 0.258 e. The fraction of sp³-hybridized carbons (Fsp3) is 0.769. The second kappa shape index (κ2) is 6.04. The highest BCUT2D eigenvalue weighted by Gasteiger charge is 2.27. The maximum atomic E-state index is 12.5. The molecule has 2 aliphatic rings. The Hall–Kier alpha value is -0.960. The Bertz CT molecular complexity index is 573. The third-order valence-corrected chi connectivity index (χ3v) is 5.68. The molecular formula is C13H23N5O2S. The maximum Gasteiger partial charge on any atom is 0.258 e. The Morgan fingerprint density at radius 1 is 1.29 bits per heavy atom. The lowest BCUT2D eigenvalue weighted by atomic mass is 10.1. The molecule has 1 saturated carbocycles. The molecule has 1 aromatic rings. The molecule has 2 fully saturated rings. The standard InChI is InChI=1S/C13H23N5O2S/c1-18-6-4-12(5-7-18)17-21(19,20)13-10(9-15-16-13)8-14-11-2-3-11/h9,11-12,14,17H,2-8H2,1H3,(H,15,16). The van der Waals surface area contributed by atoms with Gasteiger partial charge in [0.25, 0.3) is 10.0 Å². The van der Waals surface area contributed by atoms with Crippen LogP contribution in [0.25, 0.3) is 0 Å². The molecule has 0 atom stereocenters. The summed E-state index contributed by atoms with van der Waals surface area (Å²) in [5.74, 6) is 0. The van der Waals surface area contributed by atoms with Crippen LogP contribution in [0.5, 0.6) is 0 Å². The lowest BCUT2D eigenvalue weighted by Gasteiger charge is -2.29. The van der Waals surface area contributed by atoms with Crippen LogP contribution in [0.15, 0.2) is 11.2 Å². The number of likely N-dealkylation sites (tertiary alicyclic amines) is 1. The van der Waals surface area contributed by atoms with E-state index in [0.29, 0.717) is 18.2 Å². The fourth-order valence-corrected chi connectivity index (χ4v) is 4.04. The number of aromatic amines is 1. The van der Waals surface area contributed by atoms with E-state index in [1.54, 1.807) is 6.20 Å². The predicted molar refractivity (Wildman–Crippen MR) is 79.3 cm³/mol. The van der Waals surface area contributed by atoms with Gasteiger partial charge >= 0.3 is 0 Å². The van der Waals surface area contributed by atoms with E-state index in [2.05, 4.69) is 32.2 Å². The van der Waals surface area contributed by atoms with Gasteiger partial charge in [-0.1, -0.05) is 0 Å². The van der Waals surface area contributed by atoms with Crippen molar-refractivity contribution in [2.75, 3.05) is 20.1 Å². The van der Waals surface area contributed by atoms with Gasteiger partial charge in [-0.15, -0.1) is 0 Å². The van der Waals surface area contributed by atoms with Gasteiger partial charge in [-0.2, -0.15) is 5.10 Å². The number of hydrogen-bond donors (Lipinski definition) is 3. The monoisotopic (exact) mass is 313 g/mol. The first-order valence-electron chi connectivity index (χ1n) is 7.51. The quantitative estimate of drug-likeness (QED) is 0.689. The molecule has 21 heavy (non-hydrogen) atoms. The third-order valence-electron chi connectivity index (χ3n) is 4.15. The minimum atomic E-state index is -3.52. The van der Waals surface area contributed by atoms with Crippen molar-refractivity contribution in [3.63, 3.8) is 0 Å². The zero-order valence-electron chi connectivity index (χ0n) is 12.3. The molecule has 1 aliphatic heterocycles. The van der Waals surface area contributed by atoms with E-state index in [1.165, 1.54) is 12.8 Å². The number of nitrogens with zero attached hydrogens (tertiary/aromatic N) is 2. The average Bonchev–Trinajstić information content (AvgIpc) is 3.14. The minimum absolute atomic E-state index is 0.0127. The topological polar surface area (TPSA) is 90.1 Å². The fourth-order valence-electron chi connectivity index (χ4n) is 2.60. The molecule has 118 valence electrons. The summed E-state index contributed by atoms with van der Waals surface area (Å²) in [5, 5.41) is 10.1. The second-order valence-electron chi connectivity index (χ2n) is 6.08. The van der Waals surface area contributed by atoms with Gasteiger partial charge in [0, 0.05) is 24.2 Å². The zero-order valence-corrected chi connectivity index (χ0v) is 13.1. The Balaban J connectivity index is 1.64. The van der Waals surface area contributed by atoms with Crippen molar-refractivity contribution in [2.24, 2.45) is 0 Å². The van der Waals surface area contributed by atoms with Crippen molar-refractivity contribution >= 4 is 10.0 Å². The highest BCUT2D eigenvalue weighted by molar-refractivity contribution is 7.89. The molecule has 3 rings (SSSR count). The predicted octanol–water partition coefficient (Wildman–Crippen LogP) is 0.0342. The van der Waals surface area contributed by atoms with E-state index in [9.17, 15) is 8.42 Å². The van der Waals surface area contributed by atoms with Crippen LogP contribution < -0.4 is 10.0 Å². The van der Waals surface area contributed by atoms with Crippen LogP contribution in [0.4, 0.5) is 0 Å². The number of rotatable bonds is 6. The number of H-pyrrole nitrogens is 1. The Morgan fingerprint density at radius 3 is 2.67 bits per heavy atom. The summed E-state index contributed by atoms with van der Waals surface area (Å²) >= 11 is 0. The molecule has 1 saturated heterocycles. The van der Waals surface area contributed by atoms with Gasteiger partial charge in [0.15, 0.2) is 5.03 Å². The Kier molecular flexibility index (Phi) is 4.30. The van der Waals surface area contributed by atoms with Gasteiger partial charge in [-0.25, -0.2) is 13.1 Å². The van der Waals surface area contributed by atoms with Crippen molar-refractivity contribution in [1.82, 2.24) is 25.1 Å². The molecule has 2 heterocycles. The summed E-state index contributed by atoms with van der Waals surface area (Å²) in [7, 11) is -1.46. The van der Waals surface area contributed by atoms with Crippen LogP contribution in [-0.2, 0) is 16.6 Å². The average molecular weight is 313 g/mol. The summed E-state index contributed by atoms with van der Waals surface area (Å²) in [5.41, 5.74) is 0.710. The lowest BCUT2D eigenvalue weighted by Crippen LogP contribution is -2.43. The maximum absolute atomic E-state index is 12.5. The molecule has 0 amide bonds. The lowest BCUT2D eigenvalue weighted by molar-refractivity contribution is 0.248. The van der Waals surface area contributed by atoms with Crippen molar-refractivity contribution in [3.8, 4) is 0 Å². The molecule has 0 unspecified atom stereocenters. The second-order valence-corrected chi connectivity index (χ2v) is 7.73. The third kappa shape index (κ3) is 3.82. The van der Waals surface area contributed by atoms with Crippen molar-refractivity contribution in [2.45, 2.75) is 49.3 Å². The van der Waals surface area contributed by atoms with E-state index >= 15 is 0 Å². The van der Waals surface area contributed by atoms with Crippen LogP contribution in [0.1, 0.15) is 31.2 Å². The zero-order chi connectivity index (χ0) is 14.9. The molecule has 3 N–H and O–H groups in total. The van der Waals surface area contributed by atoms with Gasteiger partial charge < -0.3 is 10.2 Å². The van der Waals surface area contributed by atoms with Gasteiger partial charge in [0.1, 0.15) is 0 Å². The summed E-state index contributed by atoms with van der Waals surface area (Å²) in [6.07, 6.45) is 5.64. The van der Waals surface area contributed by atoms with Gasteiger partial charge in [-0.3, -0.25) is 5.10 Å². The largest absolute Gasteiger partial charge is 0.310 e. The molecule has 0 aromatic carbocycles. The SMILES string of the molecule is CN1CCC(NS(=O)(=O)c2[nH]ncc2CNC2CC2)CC1. The number of hydrogen-bond acceptors (Lipinski definition) is 5. The van der Waals surface area contributed by atoms with Crippen LogP contribution in [0.2, 0.25) is 0 Å². The van der Waals surface area contributed by atoms with E-state index in [0.717, 1.165) is 25.9 Å². The van der Waals surface area contributed by atoms with E-state index < -0.39 is 10.0 Å². The molecule has 8 heteroatoms. The van der Waals surface area contributed by atoms with Crippen molar-refractivity contribution < 1.29 is 8.42 Å². The van der Waals surface area contributed by atoms with Crippen LogP contribution >= 0.6 is 0 Å². The summed E-state index contributed by atoms with van der Waals surface area (Å²) in [6, 6.07) is 0.552. The highest BCUT2D eigenvalue weighted by Crippen LogP contribution is 2.21. The van der Waals surface area contributed by atoms with Gasteiger partial charge in [-0.05, 0) is 45.8 Å². The molecular weight excluding hydrogens is 290 g/mol. The van der Waals surface area contributed by atoms with Gasteiger partial charge in [0.05, 0.1) is 6.20 Å².